The molecule has 9 heteroatoms. The van der Waals surface area contributed by atoms with E-state index < -0.39 is 0 Å². The van der Waals surface area contributed by atoms with Gasteiger partial charge >= 0.3 is 0 Å². The molecular weight excluding hydrogens is 414 g/mol. The fourth-order valence-electron chi connectivity index (χ4n) is 4.28. The topological polar surface area (TPSA) is 70.9 Å². The van der Waals surface area contributed by atoms with Gasteiger partial charge in [-0.2, -0.15) is 0 Å². The number of piperazine rings is 1. The molecule has 0 saturated carbocycles. The highest BCUT2D eigenvalue weighted by Gasteiger charge is 2.26. The number of carbonyl (C=O) groups excluding carboxylic acids is 2. The van der Waals surface area contributed by atoms with Crippen molar-refractivity contribution < 1.29 is 14.3 Å². The van der Waals surface area contributed by atoms with E-state index in [-0.39, 0.29) is 11.8 Å². The van der Waals surface area contributed by atoms with Crippen LogP contribution in [0, 0.1) is 20.8 Å². The van der Waals surface area contributed by atoms with Crippen LogP contribution in [-0.2, 0) is 20.9 Å². The number of ether oxygens (including phenoxy) is 1. The molecule has 2 aromatic heterocycles. The van der Waals surface area contributed by atoms with Crippen molar-refractivity contribution in [2.45, 2.75) is 27.3 Å². The smallest absolute Gasteiger partial charge is 0.242 e. The van der Waals surface area contributed by atoms with Gasteiger partial charge < -0.3 is 19.1 Å². The standard InChI is InChI=1S/C22H31N5O3S/c1-16-12-19(20-15-31-18(3)23-20)17(2)27(16)14-22(29)26-6-4-25(5-7-26)21(28)13-24-8-10-30-11-9-24/h12,15H,4-11,13-14H2,1-3H3. The Kier molecular flexibility index (Phi) is 6.74. The number of hydrogen-bond donors (Lipinski definition) is 0. The van der Waals surface area contributed by atoms with Gasteiger partial charge in [0.25, 0.3) is 0 Å². The second-order valence-corrected chi connectivity index (χ2v) is 9.34. The van der Waals surface area contributed by atoms with E-state index in [1.165, 1.54) is 0 Å². The quantitative estimate of drug-likeness (QED) is 0.698. The summed E-state index contributed by atoms with van der Waals surface area (Å²) < 4.78 is 7.42. The molecular formula is C22H31N5O3S. The van der Waals surface area contributed by atoms with Crippen LogP contribution in [0.25, 0.3) is 11.3 Å². The van der Waals surface area contributed by atoms with Crippen molar-refractivity contribution in [1.29, 1.82) is 0 Å². The van der Waals surface area contributed by atoms with Crippen molar-refractivity contribution in [2.75, 3.05) is 59.0 Å². The van der Waals surface area contributed by atoms with Crippen molar-refractivity contribution in [3.63, 3.8) is 0 Å². The number of hydrogen-bond acceptors (Lipinski definition) is 6. The zero-order valence-electron chi connectivity index (χ0n) is 18.6. The maximum absolute atomic E-state index is 13.0. The second kappa shape index (κ2) is 9.50. The zero-order chi connectivity index (χ0) is 22.0. The first-order valence-electron chi connectivity index (χ1n) is 10.9. The monoisotopic (exact) mass is 445 g/mol. The Balaban J connectivity index is 1.32. The Morgan fingerprint density at radius 3 is 2.16 bits per heavy atom. The van der Waals surface area contributed by atoms with Crippen LogP contribution < -0.4 is 0 Å². The summed E-state index contributed by atoms with van der Waals surface area (Å²) >= 11 is 1.64. The highest BCUT2D eigenvalue weighted by Crippen LogP contribution is 2.28. The Bertz CT molecular complexity index is 939. The van der Waals surface area contributed by atoms with Crippen molar-refractivity contribution in [3.05, 3.63) is 27.8 Å². The lowest BCUT2D eigenvalue weighted by Crippen LogP contribution is -2.53. The van der Waals surface area contributed by atoms with Gasteiger partial charge in [-0.1, -0.05) is 0 Å². The first-order valence-corrected chi connectivity index (χ1v) is 11.7. The van der Waals surface area contributed by atoms with E-state index in [9.17, 15) is 9.59 Å². The van der Waals surface area contributed by atoms with Crippen molar-refractivity contribution in [1.82, 2.24) is 24.3 Å². The first kappa shape index (κ1) is 22.0. The van der Waals surface area contributed by atoms with E-state index in [0.717, 1.165) is 40.7 Å². The van der Waals surface area contributed by atoms with E-state index in [1.807, 2.05) is 30.6 Å². The lowest BCUT2D eigenvalue weighted by Gasteiger charge is -2.36. The Hall–Kier alpha value is -2.23. The summed E-state index contributed by atoms with van der Waals surface area (Å²) in [5.74, 6) is 0.248. The van der Waals surface area contributed by atoms with Gasteiger partial charge in [0, 0.05) is 61.6 Å². The van der Waals surface area contributed by atoms with Crippen molar-refractivity contribution >= 4 is 23.2 Å². The maximum atomic E-state index is 13.0. The highest BCUT2D eigenvalue weighted by atomic mass is 32.1. The minimum atomic E-state index is 0.100. The number of aryl methyl sites for hydroxylation is 2. The molecule has 0 bridgehead atoms. The number of thiazole rings is 1. The van der Waals surface area contributed by atoms with Crippen molar-refractivity contribution in [2.24, 2.45) is 0 Å². The summed E-state index contributed by atoms with van der Waals surface area (Å²) in [4.78, 5) is 36.1. The summed E-state index contributed by atoms with van der Waals surface area (Å²) in [6.45, 7) is 12.2. The number of amides is 2. The van der Waals surface area contributed by atoms with Crippen LogP contribution in [0.4, 0.5) is 0 Å². The molecule has 4 rings (SSSR count). The number of carbonyl (C=O) groups is 2. The van der Waals surface area contributed by atoms with Crippen LogP contribution in [0.5, 0.6) is 0 Å². The Labute approximate surface area is 187 Å². The number of morpholine rings is 1. The molecule has 8 nitrogen and oxygen atoms in total. The zero-order valence-corrected chi connectivity index (χ0v) is 19.4. The SMILES string of the molecule is Cc1nc(-c2cc(C)n(CC(=O)N3CCN(C(=O)CN4CCOCC4)CC3)c2C)cs1. The molecule has 31 heavy (non-hydrogen) atoms. The van der Waals surface area contributed by atoms with E-state index in [4.69, 9.17) is 4.74 Å². The summed E-state index contributed by atoms with van der Waals surface area (Å²) in [5.41, 5.74) is 4.19. The molecule has 168 valence electrons. The van der Waals surface area contributed by atoms with Crippen molar-refractivity contribution in [3.8, 4) is 11.3 Å². The molecule has 0 N–H and O–H groups in total. The molecule has 0 unspecified atom stereocenters. The van der Waals surface area contributed by atoms with Gasteiger partial charge in [-0.25, -0.2) is 4.98 Å². The highest BCUT2D eigenvalue weighted by molar-refractivity contribution is 7.09. The molecule has 4 heterocycles. The minimum absolute atomic E-state index is 0.100. The van der Waals surface area contributed by atoms with Gasteiger partial charge in [0.05, 0.1) is 30.5 Å². The van der Waals surface area contributed by atoms with E-state index in [2.05, 4.69) is 25.9 Å². The Morgan fingerprint density at radius 1 is 0.968 bits per heavy atom. The normalized spacial score (nSPS) is 17.9. The van der Waals surface area contributed by atoms with Gasteiger partial charge in [-0.05, 0) is 26.8 Å². The lowest BCUT2D eigenvalue weighted by molar-refractivity contribution is -0.141. The molecule has 2 fully saturated rings. The van der Waals surface area contributed by atoms with Crippen LogP contribution in [-0.4, -0.2) is 95.1 Å². The molecule has 2 aromatic rings. The first-order chi connectivity index (χ1) is 14.9. The Morgan fingerprint density at radius 2 is 1.58 bits per heavy atom. The molecule has 0 atom stereocenters. The fraction of sp³-hybridized carbons (Fsp3) is 0.591. The van der Waals surface area contributed by atoms with Gasteiger partial charge in [0.15, 0.2) is 0 Å². The molecule has 2 amide bonds. The van der Waals surface area contributed by atoms with Gasteiger partial charge in [0.1, 0.15) is 6.54 Å². The molecule has 0 radical (unpaired) electrons. The molecule has 0 spiro atoms. The van der Waals surface area contributed by atoms with E-state index in [1.54, 1.807) is 11.3 Å². The van der Waals surface area contributed by atoms with Gasteiger partial charge in [-0.3, -0.25) is 14.5 Å². The minimum Gasteiger partial charge on any atom is -0.379 e. The summed E-state index contributed by atoms with van der Waals surface area (Å²) in [5, 5.41) is 3.10. The third kappa shape index (κ3) is 4.99. The third-order valence-corrected chi connectivity index (χ3v) is 6.98. The number of rotatable bonds is 5. The lowest BCUT2D eigenvalue weighted by atomic mass is 10.2. The number of nitrogens with zero attached hydrogens (tertiary/aromatic N) is 5. The van der Waals surface area contributed by atoms with E-state index in [0.29, 0.717) is 52.5 Å². The number of aromatic nitrogens is 2. The third-order valence-electron chi connectivity index (χ3n) is 6.21. The summed E-state index contributed by atoms with van der Waals surface area (Å²) in [7, 11) is 0. The van der Waals surface area contributed by atoms with Crippen LogP contribution in [0.2, 0.25) is 0 Å². The maximum Gasteiger partial charge on any atom is 0.242 e. The molecule has 2 aliphatic heterocycles. The summed E-state index contributed by atoms with van der Waals surface area (Å²) in [6, 6.07) is 2.11. The largest absolute Gasteiger partial charge is 0.379 e. The summed E-state index contributed by atoms with van der Waals surface area (Å²) in [6.07, 6.45) is 0. The van der Waals surface area contributed by atoms with E-state index >= 15 is 0 Å². The van der Waals surface area contributed by atoms with Gasteiger partial charge in [0.2, 0.25) is 11.8 Å². The predicted molar refractivity (Wildman–Crippen MR) is 120 cm³/mol. The average Bonchev–Trinajstić information content (AvgIpc) is 3.32. The van der Waals surface area contributed by atoms with Crippen LogP contribution in [0.1, 0.15) is 16.4 Å². The second-order valence-electron chi connectivity index (χ2n) is 8.27. The molecule has 0 aromatic carbocycles. The van der Waals surface area contributed by atoms with Crippen LogP contribution in [0.15, 0.2) is 11.4 Å². The predicted octanol–water partition coefficient (Wildman–Crippen LogP) is 1.54. The molecule has 2 aliphatic rings. The molecule has 2 saturated heterocycles. The molecule has 0 aliphatic carbocycles. The average molecular weight is 446 g/mol. The van der Waals surface area contributed by atoms with Gasteiger partial charge in [-0.15, -0.1) is 11.3 Å². The van der Waals surface area contributed by atoms with Crippen LogP contribution in [0.3, 0.4) is 0 Å². The van der Waals surface area contributed by atoms with Crippen LogP contribution >= 0.6 is 11.3 Å². The fourth-order valence-corrected chi connectivity index (χ4v) is 4.89.